The normalized spacial score (nSPS) is 25.5. The van der Waals surface area contributed by atoms with Crippen molar-refractivity contribution < 1.29 is 19.5 Å². The molecule has 2 saturated heterocycles. The minimum absolute atomic E-state index is 0.110. The molecule has 2 aliphatic rings. The van der Waals surface area contributed by atoms with Gasteiger partial charge in [0.05, 0.1) is 25.2 Å². The molecule has 0 spiro atoms. The maximum atomic E-state index is 12.1. The van der Waals surface area contributed by atoms with Crippen LogP contribution in [0.25, 0.3) is 0 Å². The Morgan fingerprint density at radius 1 is 1.04 bits per heavy atom. The summed E-state index contributed by atoms with van der Waals surface area (Å²) in [6, 6.07) is 16.7. The number of nitrogens with zero attached hydrogens (tertiary/aromatic N) is 1. The monoisotopic (exact) mass is 381 g/mol. The molecular weight excluding hydrogens is 354 g/mol. The van der Waals surface area contributed by atoms with Crippen molar-refractivity contribution in [2.45, 2.75) is 51.5 Å². The van der Waals surface area contributed by atoms with Crippen molar-refractivity contribution in [1.82, 2.24) is 5.06 Å². The molecule has 28 heavy (non-hydrogen) atoms. The third kappa shape index (κ3) is 3.97. The Kier molecular flexibility index (Phi) is 5.49. The second-order valence-corrected chi connectivity index (χ2v) is 7.93. The lowest BCUT2D eigenvalue weighted by molar-refractivity contribution is -0.202. The highest BCUT2D eigenvalue weighted by Crippen LogP contribution is 2.36. The molecular formula is C23H27NO4. The number of aliphatic hydroxyl groups excluding tert-OH is 1. The summed E-state index contributed by atoms with van der Waals surface area (Å²) in [6.07, 6.45) is 0.965. The van der Waals surface area contributed by atoms with Gasteiger partial charge in [-0.15, -0.1) is 0 Å². The Balaban J connectivity index is 1.37. The van der Waals surface area contributed by atoms with Crippen molar-refractivity contribution >= 4 is 5.97 Å². The van der Waals surface area contributed by atoms with Gasteiger partial charge in [-0.25, -0.2) is 0 Å². The Morgan fingerprint density at radius 3 is 2.21 bits per heavy atom. The molecule has 2 aromatic carbocycles. The molecule has 0 unspecified atom stereocenters. The van der Waals surface area contributed by atoms with Gasteiger partial charge in [0.25, 0.3) is 0 Å². The van der Waals surface area contributed by atoms with Crippen LogP contribution in [0.15, 0.2) is 48.5 Å². The first-order chi connectivity index (χ1) is 13.5. The summed E-state index contributed by atoms with van der Waals surface area (Å²) >= 11 is 0. The number of carbonyl (C=O) groups is 1. The highest BCUT2D eigenvalue weighted by Gasteiger charge is 2.54. The van der Waals surface area contributed by atoms with E-state index in [0.29, 0.717) is 13.2 Å². The summed E-state index contributed by atoms with van der Waals surface area (Å²) in [6.45, 7) is 4.60. The molecule has 0 aromatic heterocycles. The van der Waals surface area contributed by atoms with Gasteiger partial charge >= 0.3 is 5.97 Å². The first-order valence-electron chi connectivity index (χ1n) is 9.93. The van der Waals surface area contributed by atoms with Gasteiger partial charge in [-0.1, -0.05) is 54.1 Å². The molecule has 4 rings (SSSR count). The first-order valence-corrected chi connectivity index (χ1v) is 9.93. The average Bonchev–Trinajstić information content (AvgIpc) is 3.24. The summed E-state index contributed by atoms with van der Waals surface area (Å²) in [7, 11) is 0. The number of carbonyl (C=O) groups excluding carboxylic acids is 1. The fraction of sp³-hybridized carbons (Fsp3) is 0.435. The van der Waals surface area contributed by atoms with Crippen LogP contribution >= 0.6 is 0 Å². The zero-order valence-corrected chi connectivity index (χ0v) is 16.4. The van der Waals surface area contributed by atoms with Crippen LogP contribution in [0.3, 0.4) is 0 Å². The molecule has 2 aliphatic heterocycles. The van der Waals surface area contributed by atoms with Crippen LogP contribution in [-0.4, -0.2) is 41.0 Å². The number of hydroxylamine groups is 2. The molecule has 5 heteroatoms. The highest BCUT2D eigenvalue weighted by molar-refractivity contribution is 5.78. The van der Waals surface area contributed by atoms with E-state index in [1.165, 1.54) is 16.7 Å². The van der Waals surface area contributed by atoms with Crippen molar-refractivity contribution in [3.63, 3.8) is 0 Å². The van der Waals surface area contributed by atoms with Gasteiger partial charge in [0.1, 0.15) is 12.1 Å². The number of aryl methyl sites for hydroxylation is 3. The van der Waals surface area contributed by atoms with E-state index in [4.69, 9.17) is 9.57 Å². The molecule has 4 atom stereocenters. The van der Waals surface area contributed by atoms with E-state index >= 15 is 0 Å². The molecule has 0 saturated carbocycles. The Morgan fingerprint density at radius 2 is 1.61 bits per heavy atom. The quantitative estimate of drug-likeness (QED) is 0.780. The zero-order chi connectivity index (χ0) is 19.7. The number of cyclic esters (lactones) is 1. The maximum Gasteiger partial charge on any atom is 0.326 e. The van der Waals surface area contributed by atoms with Gasteiger partial charge in [-0.3, -0.25) is 9.63 Å². The van der Waals surface area contributed by atoms with E-state index in [1.54, 1.807) is 12.0 Å². The molecule has 2 heterocycles. The first kappa shape index (κ1) is 19.1. The van der Waals surface area contributed by atoms with E-state index in [2.05, 4.69) is 55.5 Å². The Bertz CT molecular complexity index is 816. The number of hydrogen-bond acceptors (Lipinski definition) is 5. The van der Waals surface area contributed by atoms with Crippen LogP contribution < -0.4 is 0 Å². The van der Waals surface area contributed by atoms with E-state index in [-0.39, 0.29) is 11.9 Å². The van der Waals surface area contributed by atoms with Crippen molar-refractivity contribution in [1.29, 1.82) is 0 Å². The van der Waals surface area contributed by atoms with Gasteiger partial charge in [0.2, 0.25) is 0 Å². The van der Waals surface area contributed by atoms with E-state index in [0.717, 1.165) is 18.4 Å². The van der Waals surface area contributed by atoms with Gasteiger partial charge in [-0.05, 0) is 43.4 Å². The van der Waals surface area contributed by atoms with Crippen molar-refractivity contribution in [2.75, 3.05) is 6.61 Å². The molecule has 5 nitrogen and oxygen atoms in total. The van der Waals surface area contributed by atoms with Crippen LogP contribution in [0.5, 0.6) is 0 Å². The van der Waals surface area contributed by atoms with Crippen LogP contribution in [0.1, 0.15) is 29.2 Å². The molecule has 1 N–H and O–H groups in total. The molecule has 0 radical (unpaired) electrons. The summed E-state index contributed by atoms with van der Waals surface area (Å²) in [5, 5.41) is 11.6. The second-order valence-electron chi connectivity index (χ2n) is 7.93. The lowest BCUT2D eigenvalue weighted by Crippen LogP contribution is -2.35. The van der Waals surface area contributed by atoms with Crippen molar-refractivity contribution in [3.05, 3.63) is 70.8 Å². The minimum Gasteiger partial charge on any atom is -0.464 e. The van der Waals surface area contributed by atoms with Crippen molar-refractivity contribution in [2.24, 2.45) is 5.92 Å². The van der Waals surface area contributed by atoms with Crippen LogP contribution in [0.4, 0.5) is 0 Å². The third-order valence-electron chi connectivity index (χ3n) is 5.71. The predicted molar refractivity (Wildman–Crippen MR) is 105 cm³/mol. The molecule has 2 fully saturated rings. The molecule has 0 bridgehead atoms. The van der Waals surface area contributed by atoms with Gasteiger partial charge in [0, 0.05) is 0 Å². The third-order valence-corrected chi connectivity index (χ3v) is 5.71. The Labute approximate surface area is 165 Å². The lowest BCUT2D eigenvalue weighted by atomic mass is 9.95. The number of ether oxygens (including phenoxy) is 1. The van der Waals surface area contributed by atoms with E-state index < -0.39 is 18.2 Å². The molecule has 0 aliphatic carbocycles. The van der Waals surface area contributed by atoms with Crippen LogP contribution in [-0.2, 0) is 33.8 Å². The lowest BCUT2D eigenvalue weighted by Gasteiger charge is -2.21. The van der Waals surface area contributed by atoms with Gasteiger partial charge in [0.15, 0.2) is 0 Å². The van der Waals surface area contributed by atoms with Crippen molar-refractivity contribution in [3.8, 4) is 0 Å². The fourth-order valence-corrected chi connectivity index (χ4v) is 4.05. The van der Waals surface area contributed by atoms with E-state index in [9.17, 15) is 9.90 Å². The maximum absolute atomic E-state index is 12.1. The Hall–Kier alpha value is -2.21. The standard InChI is InChI=1S/C23H27NO4/c1-15-3-5-17(6-4-15)7-8-18-9-11-19(12-10-18)13-24-21-20(14-27-23(21)26)22(28-24)16(2)25/h3-6,9-12,16,20-22,25H,7-8,13-14H2,1-2H3/t16-,20-,21-,22-/m0/s1. The average molecular weight is 381 g/mol. The largest absolute Gasteiger partial charge is 0.464 e. The minimum atomic E-state index is -0.642. The van der Waals surface area contributed by atoms with Gasteiger partial charge in [-0.2, -0.15) is 5.06 Å². The summed E-state index contributed by atoms with van der Waals surface area (Å²) in [5.74, 6) is -0.371. The molecule has 0 amide bonds. The number of benzene rings is 2. The van der Waals surface area contributed by atoms with Crippen LogP contribution in [0, 0.1) is 12.8 Å². The predicted octanol–water partition coefficient (Wildman–Crippen LogP) is 2.82. The fourth-order valence-electron chi connectivity index (χ4n) is 4.05. The number of fused-ring (bicyclic) bond motifs is 1. The molecule has 2 aromatic rings. The number of rotatable bonds is 6. The molecule has 148 valence electrons. The van der Waals surface area contributed by atoms with Gasteiger partial charge < -0.3 is 9.84 Å². The van der Waals surface area contributed by atoms with Crippen LogP contribution in [0.2, 0.25) is 0 Å². The highest BCUT2D eigenvalue weighted by atomic mass is 16.7. The zero-order valence-electron chi connectivity index (χ0n) is 16.4. The number of aliphatic hydroxyl groups is 1. The number of esters is 1. The summed E-state index contributed by atoms with van der Waals surface area (Å²) < 4.78 is 5.20. The van der Waals surface area contributed by atoms with E-state index in [1.807, 2.05) is 0 Å². The second kappa shape index (κ2) is 8.03. The number of hydrogen-bond donors (Lipinski definition) is 1. The summed E-state index contributed by atoms with van der Waals surface area (Å²) in [4.78, 5) is 18.0. The smallest absolute Gasteiger partial charge is 0.326 e. The topological polar surface area (TPSA) is 59.0 Å². The SMILES string of the molecule is Cc1ccc(CCc2ccc(CN3O[C@@H]([C@H](C)O)[C@H]4COC(=O)[C@H]43)cc2)cc1. The summed E-state index contributed by atoms with van der Waals surface area (Å²) in [5.41, 5.74) is 4.98.